The third kappa shape index (κ3) is 2.50. The van der Waals surface area contributed by atoms with Crippen LogP contribution in [-0.2, 0) is 11.2 Å². The Bertz CT molecular complexity index is 903. The number of nitrogens with zero attached hydrogens (tertiary/aromatic N) is 2. The van der Waals surface area contributed by atoms with Crippen LogP contribution in [0.2, 0.25) is 0 Å². The molecule has 1 heterocycles. The molecule has 1 amide bonds. The molecule has 1 atom stereocenters. The monoisotopic (exact) mass is 323 g/mol. The molecule has 24 heavy (non-hydrogen) atoms. The Labute approximate surface area is 138 Å². The Morgan fingerprint density at radius 1 is 1.25 bits per heavy atom. The van der Waals surface area contributed by atoms with Crippen molar-refractivity contribution in [1.82, 2.24) is 10.3 Å². The molecular weight excluding hydrogens is 306 g/mol. The van der Waals surface area contributed by atoms with Crippen LogP contribution < -0.4 is 10.1 Å². The predicted molar refractivity (Wildman–Crippen MR) is 89.1 cm³/mol. The summed E-state index contributed by atoms with van der Waals surface area (Å²) in [6, 6.07) is 11.8. The van der Waals surface area contributed by atoms with Crippen LogP contribution in [0.1, 0.15) is 29.9 Å². The molecule has 0 saturated carbocycles. The van der Waals surface area contributed by atoms with E-state index in [1.54, 1.807) is 19.2 Å². The lowest BCUT2D eigenvalue weighted by Gasteiger charge is -2.12. The van der Waals surface area contributed by atoms with Crippen LogP contribution in [0.15, 0.2) is 41.0 Å². The molecule has 1 aliphatic carbocycles. The van der Waals surface area contributed by atoms with E-state index in [0.717, 1.165) is 12.8 Å². The van der Waals surface area contributed by atoms with Crippen molar-refractivity contribution in [2.45, 2.75) is 25.2 Å². The summed E-state index contributed by atoms with van der Waals surface area (Å²) >= 11 is 0. The van der Waals surface area contributed by atoms with E-state index >= 15 is 0 Å². The second-order valence-electron chi connectivity index (χ2n) is 5.96. The fourth-order valence-electron chi connectivity index (χ4n) is 3.39. The lowest BCUT2D eigenvalue weighted by atomic mass is 9.97. The molecule has 4 rings (SSSR count). The van der Waals surface area contributed by atoms with Crippen LogP contribution in [0.3, 0.4) is 0 Å². The van der Waals surface area contributed by atoms with Crippen molar-refractivity contribution >= 4 is 22.6 Å². The highest BCUT2D eigenvalue weighted by molar-refractivity contribution is 6.00. The lowest BCUT2D eigenvalue weighted by molar-refractivity contribution is -0.116. The van der Waals surface area contributed by atoms with Crippen molar-refractivity contribution < 1.29 is 14.2 Å². The van der Waals surface area contributed by atoms with Gasteiger partial charge in [0.05, 0.1) is 12.8 Å². The zero-order chi connectivity index (χ0) is 16.5. The number of ether oxygens (including phenoxy) is 1. The Morgan fingerprint density at radius 3 is 2.96 bits per heavy atom. The van der Waals surface area contributed by atoms with Crippen LogP contribution in [0, 0.1) is 0 Å². The summed E-state index contributed by atoms with van der Waals surface area (Å²) in [6.07, 6.45) is 2.50. The van der Waals surface area contributed by atoms with Gasteiger partial charge in [-0.3, -0.25) is 4.79 Å². The molecule has 3 aromatic rings. The van der Waals surface area contributed by atoms with Gasteiger partial charge in [0.25, 0.3) is 0 Å². The number of methoxy groups -OCH3 is 1. The highest BCUT2D eigenvalue weighted by Crippen LogP contribution is 2.36. The van der Waals surface area contributed by atoms with Crippen molar-refractivity contribution in [2.24, 2.45) is 0 Å². The van der Waals surface area contributed by atoms with E-state index in [2.05, 4.69) is 27.8 Å². The van der Waals surface area contributed by atoms with Crippen molar-refractivity contribution in [1.29, 1.82) is 0 Å². The zero-order valence-electron chi connectivity index (χ0n) is 13.3. The smallest absolute Gasteiger partial charge is 0.225 e. The summed E-state index contributed by atoms with van der Waals surface area (Å²) in [5.74, 6) is 0.797. The number of anilines is 1. The summed E-state index contributed by atoms with van der Waals surface area (Å²) in [5, 5.41) is 10.6. The maximum absolute atomic E-state index is 12.5. The SMILES string of the molecule is COc1ccc(NC(=O)CC2CCc3ccccc32)c2nonc12. The van der Waals surface area contributed by atoms with Gasteiger partial charge in [0.2, 0.25) is 5.91 Å². The highest BCUT2D eigenvalue weighted by Gasteiger charge is 2.24. The van der Waals surface area contributed by atoms with E-state index in [1.165, 1.54) is 11.1 Å². The van der Waals surface area contributed by atoms with Crippen LogP contribution in [0.5, 0.6) is 5.75 Å². The third-order valence-electron chi connectivity index (χ3n) is 4.56. The number of aryl methyl sites for hydroxylation is 1. The van der Waals surface area contributed by atoms with Gasteiger partial charge >= 0.3 is 0 Å². The molecule has 0 bridgehead atoms. The van der Waals surface area contributed by atoms with Gasteiger partial charge in [-0.05, 0) is 52.3 Å². The Balaban J connectivity index is 1.52. The number of nitrogens with one attached hydrogen (secondary N) is 1. The first-order chi connectivity index (χ1) is 11.8. The molecular formula is C18H17N3O3. The number of carbonyl (C=O) groups excluding carboxylic acids is 1. The van der Waals surface area contributed by atoms with Gasteiger partial charge in [0.15, 0.2) is 16.8 Å². The number of fused-ring (bicyclic) bond motifs is 2. The normalized spacial score (nSPS) is 16.1. The minimum atomic E-state index is -0.0360. The molecule has 1 aliphatic rings. The fraction of sp³-hybridized carbons (Fsp3) is 0.278. The molecule has 1 unspecified atom stereocenters. The topological polar surface area (TPSA) is 77.2 Å². The quantitative estimate of drug-likeness (QED) is 0.797. The first kappa shape index (κ1) is 14.7. The van der Waals surface area contributed by atoms with Crippen molar-refractivity contribution in [3.05, 3.63) is 47.5 Å². The summed E-state index contributed by atoms with van der Waals surface area (Å²) in [6.45, 7) is 0. The molecule has 1 aromatic heterocycles. The van der Waals surface area contributed by atoms with Crippen LogP contribution in [0.25, 0.3) is 11.0 Å². The molecule has 0 fully saturated rings. The van der Waals surface area contributed by atoms with E-state index < -0.39 is 0 Å². The predicted octanol–water partition coefficient (Wildman–Crippen LogP) is 3.29. The molecule has 1 N–H and O–H groups in total. The van der Waals surface area contributed by atoms with Gasteiger partial charge in [0, 0.05) is 6.42 Å². The van der Waals surface area contributed by atoms with E-state index in [0.29, 0.717) is 28.9 Å². The van der Waals surface area contributed by atoms with Crippen molar-refractivity contribution in [3.8, 4) is 5.75 Å². The molecule has 6 heteroatoms. The maximum atomic E-state index is 12.5. The zero-order valence-corrected chi connectivity index (χ0v) is 13.3. The van der Waals surface area contributed by atoms with E-state index in [4.69, 9.17) is 9.37 Å². The fourth-order valence-corrected chi connectivity index (χ4v) is 3.39. The average molecular weight is 323 g/mol. The van der Waals surface area contributed by atoms with E-state index in [1.807, 2.05) is 12.1 Å². The molecule has 6 nitrogen and oxygen atoms in total. The largest absolute Gasteiger partial charge is 0.494 e. The Morgan fingerprint density at radius 2 is 2.08 bits per heavy atom. The standard InChI is InChI=1S/C18H17N3O3/c1-23-15-9-8-14(17-18(15)21-24-20-17)19-16(22)10-12-7-6-11-4-2-3-5-13(11)12/h2-5,8-9,12H,6-7,10H2,1H3,(H,19,22). The highest BCUT2D eigenvalue weighted by atomic mass is 16.6. The second kappa shape index (κ2) is 5.96. The van der Waals surface area contributed by atoms with Crippen LogP contribution in [0.4, 0.5) is 5.69 Å². The van der Waals surface area contributed by atoms with Gasteiger partial charge < -0.3 is 10.1 Å². The molecule has 0 aliphatic heterocycles. The van der Waals surface area contributed by atoms with E-state index in [-0.39, 0.29) is 11.8 Å². The first-order valence-corrected chi connectivity index (χ1v) is 7.93. The number of carbonyl (C=O) groups is 1. The van der Waals surface area contributed by atoms with Gasteiger partial charge in [-0.15, -0.1) is 0 Å². The first-order valence-electron chi connectivity index (χ1n) is 7.93. The number of aromatic nitrogens is 2. The Hall–Kier alpha value is -2.89. The Kier molecular flexibility index (Phi) is 3.65. The summed E-state index contributed by atoms with van der Waals surface area (Å²) in [4.78, 5) is 12.5. The van der Waals surface area contributed by atoms with Gasteiger partial charge in [0.1, 0.15) is 0 Å². The molecule has 0 radical (unpaired) electrons. The van der Waals surface area contributed by atoms with Gasteiger partial charge in [-0.2, -0.15) is 0 Å². The molecule has 0 saturated heterocycles. The lowest BCUT2D eigenvalue weighted by Crippen LogP contribution is -2.15. The maximum Gasteiger partial charge on any atom is 0.225 e. The minimum Gasteiger partial charge on any atom is -0.494 e. The molecule has 2 aromatic carbocycles. The number of hydrogen-bond donors (Lipinski definition) is 1. The van der Waals surface area contributed by atoms with Crippen molar-refractivity contribution in [2.75, 3.05) is 12.4 Å². The van der Waals surface area contributed by atoms with Gasteiger partial charge in [-0.1, -0.05) is 24.3 Å². The minimum absolute atomic E-state index is 0.0360. The summed E-state index contributed by atoms with van der Waals surface area (Å²) in [7, 11) is 1.55. The van der Waals surface area contributed by atoms with E-state index in [9.17, 15) is 4.79 Å². The van der Waals surface area contributed by atoms with Crippen LogP contribution in [-0.4, -0.2) is 23.3 Å². The summed E-state index contributed by atoms with van der Waals surface area (Å²) in [5.41, 5.74) is 4.22. The number of benzene rings is 2. The van der Waals surface area contributed by atoms with Gasteiger partial charge in [-0.25, -0.2) is 4.63 Å². The molecule has 0 spiro atoms. The second-order valence-corrected chi connectivity index (χ2v) is 5.96. The number of hydrogen-bond acceptors (Lipinski definition) is 5. The van der Waals surface area contributed by atoms with Crippen LogP contribution >= 0.6 is 0 Å². The van der Waals surface area contributed by atoms with Crippen molar-refractivity contribution in [3.63, 3.8) is 0 Å². The molecule has 122 valence electrons. The average Bonchev–Trinajstić information content (AvgIpc) is 3.23. The number of rotatable bonds is 4. The summed E-state index contributed by atoms with van der Waals surface area (Å²) < 4.78 is 10.00. The third-order valence-corrected chi connectivity index (χ3v) is 4.56. The number of amides is 1.